The second-order valence-electron chi connectivity index (χ2n) is 6.18. The number of rotatable bonds is 7. The van der Waals surface area contributed by atoms with E-state index in [-0.39, 0.29) is 16.9 Å². The van der Waals surface area contributed by atoms with E-state index < -0.39 is 21.7 Å². The maximum Gasteiger partial charge on any atom is 0.261 e. The third-order valence-corrected chi connectivity index (χ3v) is 5.46. The van der Waals surface area contributed by atoms with Gasteiger partial charge in [0.2, 0.25) is 5.91 Å². The lowest BCUT2D eigenvalue weighted by Gasteiger charge is -2.11. The van der Waals surface area contributed by atoms with Crippen LogP contribution in [0.3, 0.4) is 0 Å². The maximum atomic E-state index is 13.7. The van der Waals surface area contributed by atoms with Crippen molar-refractivity contribution in [3.63, 3.8) is 0 Å². The molecule has 8 heteroatoms. The van der Waals surface area contributed by atoms with Gasteiger partial charge >= 0.3 is 0 Å². The van der Waals surface area contributed by atoms with Crippen molar-refractivity contribution < 1.29 is 22.3 Å². The van der Waals surface area contributed by atoms with Crippen LogP contribution in [0.2, 0.25) is 0 Å². The molecule has 3 aromatic carbocycles. The number of methoxy groups -OCH3 is 1. The van der Waals surface area contributed by atoms with Gasteiger partial charge < -0.3 is 10.1 Å². The van der Waals surface area contributed by atoms with E-state index in [2.05, 4.69) is 10.0 Å². The molecule has 0 atom stereocenters. The summed E-state index contributed by atoms with van der Waals surface area (Å²) < 4.78 is 46.5. The molecule has 29 heavy (non-hydrogen) atoms. The van der Waals surface area contributed by atoms with Gasteiger partial charge in [-0.05, 0) is 54.1 Å². The zero-order chi connectivity index (χ0) is 20.9. The number of carbonyl (C=O) groups is 1. The smallest absolute Gasteiger partial charge is 0.261 e. The summed E-state index contributed by atoms with van der Waals surface area (Å²) in [6, 6.07) is 18.2. The van der Waals surface area contributed by atoms with Crippen LogP contribution in [0, 0.1) is 5.82 Å². The largest absolute Gasteiger partial charge is 0.497 e. The molecule has 1 amide bonds. The van der Waals surface area contributed by atoms with Crippen molar-refractivity contribution in [2.24, 2.45) is 0 Å². The van der Waals surface area contributed by atoms with Crippen molar-refractivity contribution in [1.29, 1.82) is 0 Å². The molecule has 150 valence electrons. The molecule has 0 fully saturated rings. The molecule has 3 rings (SSSR count). The summed E-state index contributed by atoms with van der Waals surface area (Å²) in [4.78, 5) is 12.2. The summed E-state index contributed by atoms with van der Waals surface area (Å²) in [5.41, 5.74) is 0.929. The SMILES string of the molecule is COc1ccc(NS(=O)(=O)c2cccc(NC(=O)Cc3ccccc3F)c2)cc1. The number of benzene rings is 3. The summed E-state index contributed by atoms with van der Waals surface area (Å²) in [5, 5.41) is 2.59. The van der Waals surface area contributed by atoms with Gasteiger partial charge in [-0.1, -0.05) is 24.3 Å². The predicted octanol–water partition coefficient (Wildman–Crippen LogP) is 3.82. The van der Waals surface area contributed by atoms with E-state index in [1.54, 1.807) is 42.5 Å². The third-order valence-electron chi connectivity index (χ3n) is 4.08. The van der Waals surface area contributed by atoms with Gasteiger partial charge in [-0.25, -0.2) is 12.8 Å². The first-order valence-electron chi connectivity index (χ1n) is 8.67. The highest BCUT2D eigenvalue weighted by molar-refractivity contribution is 7.92. The van der Waals surface area contributed by atoms with Crippen LogP contribution in [0.25, 0.3) is 0 Å². The molecule has 6 nitrogen and oxygen atoms in total. The van der Waals surface area contributed by atoms with Gasteiger partial charge in [0.05, 0.1) is 18.4 Å². The summed E-state index contributed by atoms with van der Waals surface area (Å²) >= 11 is 0. The Balaban J connectivity index is 1.72. The molecule has 0 aliphatic carbocycles. The van der Waals surface area contributed by atoms with Crippen molar-refractivity contribution in [2.45, 2.75) is 11.3 Å². The van der Waals surface area contributed by atoms with E-state index in [0.29, 0.717) is 17.1 Å². The summed E-state index contributed by atoms with van der Waals surface area (Å²) in [5.74, 6) is -0.317. The van der Waals surface area contributed by atoms with Crippen molar-refractivity contribution >= 4 is 27.3 Å². The monoisotopic (exact) mass is 414 g/mol. The first kappa shape index (κ1) is 20.3. The van der Waals surface area contributed by atoms with E-state index in [9.17, 15) is 17.6 Å². The van der Waals surface area contributed by atoms with Crippen LogP contribution in [0.15, 0.2) is 77.7 Å². The lowest BCUT2D eigenvalue weighted by atomic mass is 10.1. The molecule has 3 aromatic rings. The average molecular weight is 414 g/mol. The summed E-state index contributed by atoms with van der Waals surface area (Å²) in [7, 11) is -2.34. The van der Waals surface area contributed by atoms with Crippen LogP contribution in [-0.4, -0.2) is 21.4 Å². The average Bonchev–Trinajstić information content (AvgIpc) is 2.70. The van der Waals surface area contributed by atoms with E-state index in [0.717, 1.165) is 0 Å². The van der Waals surface area contributed by atoms with Gasteiger partial charge in [-0.15, -0.1) is 0 Å². The molecular weight excluding hydrogens is 395 g/mol. The van der Waals surface area contributed by atoms with Gasteiger partial charge in [0.1, 0.15) is 11.6 Å². The van der Waals surface area contributed by atoms with E-state index in [4.69, 9.17) is 4.74 Å². The Morgan fingerprint density at radius 1 is 0.966 bits per heavy atom. The molecule has 0 saturated carbocycles. The quantitative estimate of drug-likeness (QED) is 0.616. The Hall–Kier alpha value is -3.39. The van der Waals surface area contributed by atoms with Crippen molar-refractivity contribution in [3.8, 4) is 5.75 Å². The molecule has 2 N–H and O–H groups in total. The number of hydrogen-bond donors (Lipinski definition) is 2. The van der Waals surface area contributed by atoms with E-state index in [1.807, 2.05) is 0 Å². The van der Waals surface area contributed by atoms with Crippen LogP contribution in [0.5, 0.6) is 5.75 Å². The zero-order valence-electron chi connectivity index (χ0n) is 15.6. The first-order chi connectivity index (χ1) is 13.9. The number of carbonyl (C=O) groups excluding carboxylic acids is 1. The molecular formula is C21H19FN2O4S. The van der Waals surface area contributed by atoms with Crippen LogP contribution >= 0.6 is 0 Å². The van der Waals surface area contributed by atoms with Crippen molar-refractivity contribution in [1.82, 2.24) is 0 Å². The predicted molar refractivity (Wildman–Crippen MR) is 109 cm³/mol. The zero-order valence-corrected chi connectivity index (χ0v) is 16.4. The highest BCUT2D eigenvalue weighted by atomic mass is 32.2. The fourth-order valence-corrected chi connectivity index (χ4v) is 3.74. The van der Waals surface area contributed by atoms with Crippen LogP contribution in [0.4, 0.5) is 15.8 Å². The summed E-state index contributed by atoms with van der Waals surface area (Å²) in [6.07, 6.45) is -0.159. The Bertz CT molecular complexity index is 1120. The molecule has 0 heterocycles. The minimum Gasteiger partial charge on any atom is -0.497 e. The van der Waals surface area contributed by atoms with Crippen molar-refractivity contribution in [2.75, 3.05) is 17.1 Å². The van der Waals surface area contributed by atoms with Crippen molar-refractivity contribution in [3.05, 3.63) is 84.2 Å². The molecule has 0 unspecified atom stereocenters. The standard InChI is InChI=1S/C21H19FN2O4S/c1-28-18-11-9-16(10-12-18)24-29(26,27)19-7-4-6-17(14-19)23-21(25)13-15-5-2-3-8-20(15)22/h2-12,14,24H,13H2,1H3,(H,23,25). The van der Waals surface area contributed by atoms with Gasteiger partial charge in [-0.3, -0.25) is 9.52 Å². The molecule has 0 aliphatic heterocycles. The number of ether oxygens (including phenoxy) is 1. The van der Waals surface area contributed by atoms with E-state index in [1.165, 1.54) is 37.4 Å². The Morgan fingerprint density at radius 2 is 1.69 bits per heavy atom. The number of halogens is 1. The topological polar surface area (TPSA) is 84.5 Å². The third kappa shape index (κ3) is 5.32. The van der Waals surface area contributed by atoms with Gasteiger partial charge in [0.25, 0.3) is 10.0 Å². The fourth-order valence-electron chi connectivity index (χ4n) is 2.63. The molecule has 0 aliphatic rings. The number of anilines is 2. The number of nitrogens with one attached hydrogen (secondary N) is 2. The highest BCUT2D eigenvalue weighted by Gasteiger charge is 2.16. The Morgan fingerprint density at radius 3 is 2.38 bits per heavy atom. The van der Waals surface area contributed by atoms with Crippen LogP contribution < -0.4 is 14.8 Å². The first-order valence-corrected chi connectivity index (χ1v) is 10.2. The number of hydrogen-bond acceptors (Lipinski definition) is 4. The molecule has 0 aromatic heterocycles. The molecule has 0 bridgehead atoms. The molecule has 0 radical (unpaired) electrons. The normalized spacial score (nSPS) is 11.0. The highest BCUT2D eigenvalue weighted by Crippen LogP contribution is 2.21. The van der Waals surface area contributed by atoms with Gasteiger partial charge in [-0.2, -0.15) is 0 Å². The lowest BCUT2D eigenvalue weighted by molar-refractivity contribution is -0.115. The van der Waals surface area contributed by atoms with E-state index >= 15 is 0 Å². The second-order valence-corrected chi connectivity index (χ2v) is 7.86. The second kappa shape index (κ2) is 8.74. The maximum absolute atomic E-state index is 13.7. The Kier molecular flexibility index (Phi) is 6.13. The summed E-state index contributed by atoms with van der Waals surface area (Å²) in [6.45, 7) is 0. The van der Waals surface area contributed by atoms with Crippen LogP contribution in [-0.2, 0) is 21.2 Å². The molecule has 0 spiro atoms. The number of amides is 1. The van der Waals surface area contributed by atoms with Gasteiger partial charge in [0, 0.05) is 11.4 Å². The fraction of sp³-hybridized carbons (Fsp3) is 0.0952. The molecule has 0 saturated heterocycles. The minimum atomic E-state index is -3.86. The minimum absolute atomic E-state index is 0.0167. The van der Waals surface area contributed by atoms with Crippen LogP contribution in [0.1, 0.15) is 5.56 Å². The lowest BCUT2D eigenvalue weighted by Crippen LogP contribution is -2.16. The Labute approximate surface area is 168 Å². The van der Waals surface area contributed by atoms with Gasteiger partial charge in [0.15, 0.2) is 0 Å². The number of sulfonamides is 1.